The molecule has 0 radical (unpaired) electrons. The summed E-state index contributed by atoms with van der Waals surface area (Å²) in [6.07, 6.45) is 6.85. The number of imidazole rings is 1. The third-order valence-electron chi connectivity index (χ3n) is 5.52. The number of halogens is 1. The first-order chi connectivity index (χ1) is 12.2. The standard InChI is InChI=1S/C19H25ClN4O/c20-14-5-6-16-17(11-14)23-19(22-16)13-7-9-24(10-8-13)12-18(25)21-15-3-1-2-4-15/h5-6,11,13,15H,1-4,7-10,12H2,(H,21,25)(H,22,23). The average molecular weight is 361 g/mol. The predicted octanol–water partition coefficient (Wildman–Crippen LogP) is 3.45. The van der Waals surface area contributed by atoms with E-state index in [1.54, 1.807) is 0 Å². The van der Waals surface area contributed by atoms with Crippen molar-refractivity contribution in [3.8, 4) is 0 Å². The van der Waals surface area contributed by atoms with Crippen LogP contribution in [0.15, 0.2) is 18.2 Å². The number of carbonyl (C=O) groups excluding carboxylic acids is 1. The molecule has 0 spiro atoms. The highest BCUT2D eigenvalue weighted by molar-refractivity contribution is 6.31. The third-order valence-corrected chi connectivity index (χ3v) is 5.76. The van der Waals surface area contributed by atoms with Gasteiger partial charge in [0.2, 0.25) is 5.91 Å². The first-order valence-electron chi connectivity index (χ1n) is 9.34. The zero-order chi connectivity index (χ0) is 17.2. The smallest absolute Gasteiger partial charge is 0.234 e. The van der Waals surface area contributed by atoms with E-state index < -0.39 is 0 Å². The van der Waals surface area contributed by atoms with Gasteiger partial charge in [-0.25, -0.2) is 4.98 Å². The van der Waals surface area contributed by atoms with Crippen molar-refractivity contribution in [3.05, 3.63) is 29.0 Å². The van der Waals surface area contributed by atoms with Crippen LogP contribution in [-0.4, -0.2) is 46.5 Å². The maximum Gasteiger partial charge on any atom is 0.234 e. The van der Waals surface area contributed by atoms with E-state index in [0.29, 0.717) is 18.5 Å². The van der Waals surface area contributed by atoms with Crippen molar-refractivity contribution in [2.24, 2.45) is 0 Å². The Morgan fingerprint density at radius 3 is 2.76 bits per heavy atom. The fourth-order valence-corrected chi connectivity index (χ4v) is 4.28. The summed E-state index contributed by atoms with van der Waals surface area (Å²) in [5, 5.41) is 3.91. The number of nitrogens with zero attached hydrogens (tertiary/aromatic N) is 2. The molecule has 2 N–H and O–H groups in total. The molecule has 1 saturated carbocycles. The highest BCUT2D eigenvalue weighted by Crippen LogP contribution is 2.28. The molecule has 2 heterocycles. The molecule has 5 nitrogen and oxygen atoms in total. The van der Waals surface area contributed by atoms with Crippen LogP contribution in [0.1, 0.15) is 50.3 Å². The molecule has 1 aliphatic carbocycles. The minimum absolute atomic E-state index is 0.184. The molecule has 1 amide bonds. The van der Waals surface area contributed by atoms with Gasteiger partial charge >= 0.3 is 0 Å². The van der Waals surface area contributed by atoms with Crippen molar-refractivity contribution < 1.29 is 4.79 Å². The van der Waals surface area contributed by atoms with E-state index in [9.17, 15) is 4.79 Å². The molecule has 1 aromatic heterocycles. The van der Waals surface area contributed by atoms with Gasteiger partial charge in [-0.1, -0.05) is 24.4 Å². The molecular weight excluding hydrogens is 336 g/mol. The van der Waals surface area contributed by atoms with Crippen LogP contribution in [0.5, 0.6) is 0 Å². The summed E-state index contributed by atoms with van der Waals surface area (Å²) in [5.41, 5.74) is 1.97. The van der Waals surface area contributed by atoms with Gasteiger partial charge in [-0.2, -0.15) is 0 Å². The molecule has 4 rings (SSSR count). The van der Waals surface area contributed by atoms with Crippen LogP contribution in [0.4, 0.5) is 0 Å². The number of piperidine rings is 1. The van der Waals surface area contributed by atoms with Crippen molar-refractivity contribution in [1.82, 2.24) is 20.2 Å². The third kappa shape index (κ3) is 3.98. The Kier molecular flexibility index (Phi) is 4.95. The Hall–Kier alpha value is -1.59. The molecule has 0 bridgehead atoms. The van der Waals surface area contributed by atoms with Gasteiger partial charge < -0.3 is 10.3 Å². The molecule has 1 aliphatic heterocycles. The Morgan fingerprint density at radius 2 is 2.00 bits per heavy atom. The van der Waals surface area contributed by atoms with Crippen LogP contribution in [0.2, 0.25) is 5.02 Å². The summed E-state index contributed by atoms with van der Waals surface area (Å²) in [5.74, 6) is 1.66. The molecular formula is C19H25ClN4O. The molecule has 6 heteroatoms. The van der Waals surface area contributed by atoms with E-state index in [1.165, 1.54) is 12.8 Å². The number of amides is 1. The average Bonchev–Trinajstić information content (AvgIpc) is 3.24. The lowest BCUT2D eigenvalue weighted by atomic mass is 9.96. The second kappa shape index (κ2) is 7.34. The summed E-state index contributed by atoms with van der Waals surface area (Å²) in [7, 11) is 0. The largest absolute Gasteiger partial charge is 0.352 e. The van der Waals surface area contributed by atoms with Gasteiger partial charge in [0.25, 0.3) is 0 Å². The van der Waals surface area contributed by atoms with Crippen molar-refractivity contribution in [2.45, 2.75) is 50.5 Å². The van der Waals surface area contributed by atoms with Crippen LogP contribution in [-0.2, 0) is 4.79 Å². The maximum atomic E-state index is 12.2. The van der Waals surface area contributed by atoms with Gasteiger partial charge in [0.15, 0.2) is 0 Å². The number of rotatable bonds is 4. The number of nitrogens with one attached hydrogen (secondary N) is 2. The summed E-state index contributed by atoms with van der Waals surface area (Å²) in [6.45, 7) is 2.42. The highest BCUT2D eigenvalue weighted by atomic mass is 35.5. The van der Waals surface area contributed by atoms with E-state index in [-0.39, 0.29) is 5.91 Å². The molecule has 0 unspecified atom stereocenters. The Balaban J connectivity index is 1.30. The number of likely N-dealkylation sites (tertiary alicyclic amines) is 1. The van der Waals surface area contributed by atoms with Crippen LogP contribution in [0, 0.1) is 0 Å². The van der Waals surface area contributed by atoms with E-state index in [4.69, 9.17) is 16.6 Å². The molecule has 2 aliphatic rings. The van der Waals surface area contributed by atoms with Gasteiger partial charge in [0.05, 0.1) is 17.6 Å². The van der Waals surface area contributed by atoms with Crippen LogP contribution in [0.25, 0.3) is 11.0 Å². The zero-order valence-electron chi connectivity index (χ0n) is 14.4. The van der Waals surface area contributed by atoms with Gasteiger partial charge in [0, 0.05) is 17.0 Å². The quantitative estimate of drug-likeness (QED) is 0.877. The predicted molar refractivity (Wildman–Crippen MR) is 99.9 cm³/mol. The monoisotopic (exact) mass is 360 g/mol. The van der Waals surface area contributed by atoms with Gasteiger partial charge in [-0.15, -0.1) is 0 Å². The number of fused-ring (bicyclic) bond motifs is 1. The Bertz CT molecular complexity index is 745. The molecule has 1 aromatic carbocycles. The first kappa shape index (κ1) is 16.9. The fraction of sp³-hybridized carbons (Fsp3) is 0.579. The number of H-pyrrole nitrogens is 1. The van der Waals surface area contributed by atoms with Crippen molar-refractivity contribution in [2.75, 3.05) is 19.6 Å². The van der Waals surface area contributed by atoms with E-state index in [0.717, 1.165) is 60.7 Å². The minimum Gasteiger partial charge on any atom is -0.352 e. The lowest BCUT2D eigenvalue weighted by molar-refractivity contribution is -0.123. The van der Waals surface area contributed by atoms with Gasteiger partial charge in [0.1, 0.15) is 5.82 Å². The lowest BCUT2D eigenvalue weighted by Gasteiger charge is -2.30. The van der Waals surface area contributed by atoms with Crippen molar-refractivity contribution in [3.63, 3.8) is 0 Å². The number of carbonyl (C=O) groups is 1. The number of aromatic amines is 1. The SMILES string of the molecule is O=C(CN1CCC(c2nc3ccc(Cl)cc3[nH]2)CC1)NC1CCCC1. The van der Waals surface area contributed by atoms with Crippen molar-refractivity contribution in [1.29, 1.82) is 0 Å². The van der Waals surface area contributed by atoms with Crippen molar-refractivity contribution >= 4 is 28.5 Å². The Labute approximate surface area is 153 Å². The number of aromatic nitrogens is 2. The topological polar surface area (TPSA) is 61.0 Å². The summed E-state index contributed by atoms with van der Waals surface area (Å²) in [6, 6.07) is 6.17. The molecule has 134 valence electrons. The normalized spacial score (nSPS) is 20.4. The van der Waals surface area contributed by atoms with E-state index >= 15 is 0 Å². The van der Waals surface area contributed by atoms with Gasteiger partial charge in [-0.05, 0) is 57.0 Å². The first-order valence-corrected chi connectivity index (χ1v) is 9.72. The minimum atomic E-state index is 0.184. The maximum absolute atomic E-state index is 12.2. The van der Waals surface area contributed by atoms with Crippen LogP contribution >= 0.6 is 11.6 Å². The number of hydrogen-bond acceptors (Lipinski definition) is 3. The second-order valence-electron chi connectivity index (χ2n) is 7.38. The molecule has 0 atom stereocenters. The fourth-order valence-electron chi connectivity index (χ4n) is 4.11. The van der Waals surface area contributed by atoms with Crippen LogP contribution < -0.4 is 5.32 Å². The zero-order valence-corrected chi connectivity index (χ0v) is 15.2. The summed E-state index contributed by atoms with van der Waals surface area (Å²) >= 11 is 6.05. The van der Waals surface area contributed by atoms with E-state index in [1.807, 2.05) is 18.2 Å². The summed E-state index contributed by atoms with van der Waals surface area (Å²) < 4.78 is 0. The number of benzene rings is 1. The highest BCUT2D eigenvalue weighted by Gasteiger charge is 2.25. The molecule has 25 heavy (non-hydrogen) atoms. The van der Waals surface area contributed by atoms with Gasteiger partial charge in [-0.3, -0.25) is 9.69 Å². The summed E-state index contributed by atoms with van der Waals surface area (Å²) in [4.78, 5) is 22.6. The number of hydrogen-bond donors (Lipinski definition) is 2. The lowest BCUT2D eigenvalue weighted by Crippen LogP contribution is -2.43. The molecule has 2 fully saturated rings. The second-order valence-corrected chi connectivity index (χ2v) is 7.82. The molecule has 2 aromatic rings. The van der Waals surface area contributed by atoms with Crippen LogP contribution in [0.3, 0.4) is 0 Å². The van der Waals surface area contributed by atoms with E-state index in [2.05, 4.69) is 15.2 Å². The Morgan fingerprint density at radius 1 is 1.24 bits per heavy atom. The molecule has 1 saturated heterocycles.